The maximum Gasteiger partial charge on any atom is 0.534 e. The lowest BCUT2D eigenvalue weighted by molar-refractivity contribution is -0.135. The van der Waals surface area contributed by atoms with Crippen LogP contribution in [0.2, 0.25) is 0 Å². The summed E-state index contributed by atoms with van der Waals surface area (Å²) in [5, 5.41) is 3.60. The van der Waals surface area contributed by atoms with Gasteiger partial charge in [0.1, 0.15) is 5.71 Å². The van der Waals surface area contributed by atoms with E-state index < -0.39 is 27.3 Å². The number of anilines is 1. The average Bonchev–Trinajstić information content (AvgIpc) is 2.44. The molecule has 0 saturated heterocycles. The summed E-state index contributed by atoms with van der Waals surface area (Å²) in [6.07, 6.45) is 0. The van der Waals surface area contributed by atoms with Gasteiger partial charge >= 0.3 is 21.6 Å². The van der Waals surface area contributed by atoms with Crippen LogP contribution < -0.4 is 9.61 Å². The number of hydrogen-bond acceptors (Lipinski definition) is 7. The van der Waals surface area contributed by atoms with Crippen molar-refractivity contribution in [1.82, 2.24) is 0 Å². The number of hydrazone groups is 1. The van der Waals surface area contributed by atoms with E-state index in [0.29, 0.717) is 0 Å². The second kappa shape index (κ2) is 7.31. The van der Waals surface area contributed by atoms with Gasteiger partial charge in [-0.2, -0.15) is 26.7 Å². The minimum absolute atomic E-state index is 0.111. The number of carbonyl (C=O) groups excluding carboxylic acids is 1. The van der Waals surface area contributed by atoms with Gasteiger partial charge in [-0.3, -0.25) is 5.43 Å². The highest BCUT2D eigenvalue weighted by Gasteiger charge is 2.48. The van der Waals surface area contributed by atoms with Crippen LogP contribution in [0.5, 0.6) is 5.75 Å². The summed E-state index contributed by atoms with van der Waals surface area (Å²) in [6, 6.07) is 4.91. The fourth-order valence-electron chi connectivity index (χ4n) is 1.22. The maximum atomic E-state index is 12.3. The van der Waals surface area contributed by atoms with E-state index in [9.17, 15) is 26.4 Å². The molecule has 0 saturated carbocycles. The second-order valence-corrected chi connectivity index (χ2v) is 5.55. The number of alkyl halides is 3. The Balaban J connectivity index is 3.00. The molecule has 0 bridgehead atoms. The zero-order chi connectivity index (χ0) is 17.7. The molecule has 128 valence electrons. The molecule has 0 amide bonds. The average molecular weight is 354 g/mol. The summed E-state index contributed by atoms with van der Waals surface area (Å²) in [5.74, 6) is -1.36. The van der Waals surface area contributed by atoms with Crippen LogP contribution in [0.4, 0.5) is 18.9 Å². The van der Waals surface area contributed by atoms with E-state index in [0.717, 1.165) is 6.07 Å². The van der Waals surface area contributed by atoms with Gasteiger partial charge < -0.3 is 8.92 Å². The quantitative estimate of drug-likeness (QED) is 0.277. The van der Waals surface area contributed by atoms with Crippen molar-refractivity contribution in [2.75, 3.05) is 12.0 Å². The number of halogens is 3. The van der Waals surface area contributed by atoms with Crippen LogP contribution in [0.3, 0.4) is 0 Å². The van der Waals surface area contributed by atoms with Crippen molar-refractivity contribution in [2.45, 2.75) is 19.4 Å². The molecule has 23 heavy (non-hydrogen) atoms. The van der Waals surface area contributed by atoms with Crippen LogP contribution in [0.25, 0.3) is 0 Å². The standard InChI is InChI=1S/C12H13F3N2O5S/c1-3-21-11(18)8(2)16-17-9-6-4-5-7-10(9)22-23(19,20)12(13,14)15/h4-7,17H,3H2,1-2H3. The zero-order valence-electron chi connectivity index (χ0n) is 12.0. The first-order valence-electron chi connectivity index (χ1n) is 6.15. The van der Waals surface area contributed by atoms with Gasteiger partial charge in [-0.25, -0.2) is 4.79 Å². The van der Waals surface area contributed by atoms with Crippen molar-refractivity contribution in [3.8, 4) is 5.75 Å². The number of carbonyl (C=O) groups is 1. The highest BCUT2D eigenvalue weighted by atomic mass is 32.2. The lowest BCUT2D eigenvalue weighted by atomic mass is 10.3. The SMILES string of the molecule is CCOC(=O)C(C)=NNc1ccccc1OS(=O)(=O)C(F)(F)F. The van der Waals surface area contributed by atoms with Crippen LogP contribution in [0.15, 0.2) is 29.4 Å². The van der Waals surface area contributed by atoms with Crippen molar-refractivity contribution in [2.24, 2.45) is 5.10 Å². The Morgan fingerprint density at radius 2 is 1.91 bits per heavy atom. The van der Waals surface area contributed by atoms with Crippen LogP contribution >= 0.6 is 0 Å². The van der Waals surface area contributed by atoms with Gasteiger partial charge in [-0.15, -0.1) is 0 Å². The van der Waals surface area contributed by atoms with E-state index in [1.54, 1.807) is 6.92 Å². The third kappa shape index (κ3) is 5.13. The van der Waals surface area contributed by atoms with E-state index in [-0.39, 0.29) is 18.0 Å². The molecular weight excluding hydrogens is 341 g/mol. The highest BCUT2D eigenvalue weighted by molar-refractivity contribution is 7.88. The molecule has 0 fully saturated rings. The molecule has 7 nitrogen and oxygen atoms in total. The van der Waals surface area contributed by atoms with Crippen molar-refractivity contribution in [1.29, 1.82) is 0 Å². The van der Waals surface area contributed by atoms with Crippen LogP contribution in [-0.2, 0) is 19.6 Å². The fraction of sp³-hybridized carbons (Fsp3) is 0.333. The smallest absolute Gasteiger partial charge is 0.461 e. The van der Waals surface area contributed by atoms with Gasteiger partial charge in [-0.1, -0.05) is 12.1 Å². The fourth-order valence-corrected chi connectivity index (χ4v) is 1.70. The molecule has 0 atom stereocenters. The monoisotopic (exact) mass is 354 g/mol. The van der Waals surface area contributed by atoms with Gasteiger partial charge in [0.05, 0.1) is 12.3 Å². The molecule has 0 aliphatic carbocycles. The van der Waals surface area contributed by atoms with E-state index in [2.05, 4.69) is 19.4 Å². The Morgan fingerprint density at radius 1 is 1.30 bits per heavy atom. The number of hydrogen-bond donors (Lipinski definition) is 1. The Kier molecular flexibility index (Phi) is 5.96. The van der Waals surface area contributed by atoms with E-state index in [1.165, 1.54) is 25.1 Å². The van der Waals surface area contributed by atoms with Crippen LogP contribution in [0.1, 0.15) is 13.8 Å². The van der Waals surface area contributed by atoms with Crippen LogP contribution in [-0.4, -0.2) is 32.2 Å². The summed E-state index contributed by atoms with van der Waals surface area (Å²) >= 11 is 0. The predicted molar refractivity (Wildman–Crippen MR) is 75.4 cm³/mol. The van der Waals surface area contributed by atoms with E-state index >= 15 is 0 Å². The predicted octanol–water partition coefficient (Wildman–Crippen LogP) is 2.27. The second-order valence-electron chi connectivity index (χ2n) is 4.01. The molecule has 1 N–H and O–H groups in total. The Morgan fingerprint density at radius 3 is 2.48 bits per heavy atom. The maximum absolute atomic E-state index is 12.3. The summed E-state index contributed by atoms with van der Waals surface area (Å²) in [4.78, 5) is 11.3. The minimum Gasteiger partial charge on any atom is -0.461 e. The van der Waals surface area contributed by atoms with Gasteiger partial charge in [0, 0.05) is 0 Å². The molecule has 0 aromatic heterocycles. The molecule has 0 aliphatic rings. The Labute approximate surface area is 130 Å². The molecule has 0 aliphatic heterocycles. The normalized spacial score (nSPS) is 12.7. The topological polar surface area (TPSA) is 94.1 Å². The summed E-state index contributed by atoms with van der Waals surface area (Å²) < 4.78 is 67.7. The summed E-state index contributed by atoms with van der Waals surface area (Å²) in [6.45, 7) is 3.01. The zero-order valence-corrected chi connectivity index (χ0v) is 12.9. The number of esters is 1. The van der Waals surface area contributed by atoms with Gasteiger partial charge in [0.2, 0.25) is 0 Å². The molecule has 0 radical (unpaired) electrons. The first-order chi connectivity index (χ1) is 10.6. The Bertz CT molecular complexity index is 701. The highest BCUT2D eigenvalue weighted by Crippen LogP contribution is 2.31. The largest absolute Gasteiger partial charge is 0.534 e. The van der Waals surface area contributed by atoms with Crippen molar-refractivity contribution in [3.63, 3.8) is 0 Å². The number of ether oxygens (including phenoxy) is 1. The van der Waals surface area contributed by atoms with Gasteiger partial charge in [0.15, 0.2) is 5.75 Å². The number of rotatable bonds is 6. The van der Waals surface area contributed by atoms with E-state index in [1.807, 2.05) is 0 Å². The molecule has 0 spiro atoms. The number of benzene rings is 1. The lowest BCUT2D eigenvalue weighted by Crippen LogP contribution is -2.28. The summed E-state index contributed by atoms with van der Waals surface area (Å²) in [7, 11) is -5.82. The van der Waals surface area contributed by atoms with Gasteiger partial charge in [0.25, 0.3) is 0 Å². The molecule has 1 aromatic rings. The summed E-state index contributed by atoms with van der Waals surface area (Å²) in [5.41, 5.74) is -3.60. The van der Waals surface area contributed by atoms with Crippen molar-refractivity contribution < 1.29 is 35.3 Å². The third-order valence-electron chi connectivity index (χ3n) is 2.28. The molecule has 0 unspecified atom stereocenters. The molecule has 1 rings (SSSR count). The lowest BCUT2D eigenvalue weighted by Gasteiger charge is -2.12. The van der Waals surface area contributed by atoms with Crippen molar-refractivity contribution >= 4 is 27.5 Å². The molecule has 1 aromatic carbocycles. The number of nitrogens with zero attached hydrogens (tertiary/aromatic N) is 1. The first-order valence-corrected chi connectivity index (χ1v) is 7.56. The Hall–Kier alpha value is -2.30. The molecular formula is C12H13F3N2O5S. The molecule has 11 heteroatoms. The van der Waals surface area contributed by atoms with Crippen molar-refractivity contribution in [3.05, 3.63) is 24.3 Å². The number of para-hydroxylation sites is 2. The minimum atomic E-state index is -5.82. The first kappa shape index (κ1) is 18.7. The van der Waals surface area contributed by atoms with E-state index in [4.69, 9.17) is 0 Å². The van der Waals surface area contributed by atoms with Gasteiger partial charge in [-0.05, 0) is 26.0 Å². The number of nitrogens with one attached hydrogen (secondary N) is 1. The molecule has 0 heterocycles. The van der Waals surface area contributed by atoms with Crippen LogP contribution in [0, 0.1) is 0 Å². The third-order valence-corrected chi connectivity index (χ3v) is 3.25.